The van der Waals surface area contributed by atoms with Crippen LogP contribution in [0.1, 0.15) is 0 Å². The van der Waals surface area contributed by atoms with E-state index in [1.807, 2.05) is 36.4 Å². The topological polar surface area (TPSA) is 60.8 Å². The Balaban J connectivity index is 2.28. The molecule has 0 saturated carbocycles. The number of nitrogens with zero attached hydrogens (tertiary/aromatic N) is 1. The van der Waals surface area contributed by atoms with Crippen LogP contribution in [0, 0.1) is 0 Å². The van der Waals surface area contributed by atoms with Crippen molar-refractivity contribution in [3.05, 3.63) is 72.8 Å². The lowest BCUT2D eigenvalue weighted by Crippen LogP contribution is -2.13. The number of hydrogen-bond acceptors (Lipinski definition) is 1. The Labute approximate surface area is 122 Å². The summed E-state index contributed by atoms with van der Waals surface area (Å²) >= 11 is 0. The summed E-state index contributed by atoms with van der Waals surface area (Å²) in [6, 6.07) is 21.6. The quantitative estimate of drug-likeness (QED) is 0.716. The molecule has 0 atom stereocenters. The van der Waals surface area contributed by atoms with Gasteiger partial charge < -0.3 is 9.79 Å². The Bertz CT molecular complexity index is 809. The fourth-order valence-corrected chi connectivity index (χ4v) is 3.28. The second-order valence-corrected chi connectivity index (χ2v) is 6.09. The van der Waals surface area contributed by atoms with Crippen molar-refractivity contribution in [2.24, 2.45) is 0 Å². The predicted molar refractivity (Wildman–Crippen MR) is 84.6 cm³/mol. The molecule has 0 radical (unpaired) electrons. The molecule has 4 nitrogen and oxygen atoms in total. The van der Waals surface area contributed by atoms with Crippen LogP contribution >= 0.6 is 7.75 Å². The van der Waals surface area contributed by atoms with Gasteiger partial charge in [-0.25, -0.2) is 9.24 Å². The molecule has 0 unspecified atom stereocenters. The van der Waals surface area contributed by atoms with Gasteiger partial charge in [-0.3, -0.25) is 0 Å². The second kappa shape index (κ2) is 5.34. The largest absolute Gasteiger partial charge is 0.434 e. The minimum atomic E-state index is -4.49. The second-order valence-electron chi connectivity index (χ2n) is 4.66. The molecular formula is C16H14NO3P. The zero-order valence-corrected chi connectivity index (χ0v) is 12.0. The molecule has 3 aromatic rings. The summed E-state index contributed by atoms with van der Waals surface area (Å²) in [6.07, 6.45) is 0. The Morgan fingerprint density at radius 3 is 2.10 bits per heavy atom. The number of hydrogen-bond donors (Lipinski definition) is 2. The molecule has 0 aliphatic carbocycles. The van der Waals surface area contributed by atoms with Crippen LogP contribution in [0.4, 0.5) is 11.4 Å². The molecule has 5 heteroatoms. The maximum Gasteiger partial charge on any atom is 0.434 e. The fourth-order valence-electron chi connectivity index (χ4n) is 2.39. The van der Waals surface area contributed by atoms with Crippen molar-refractivity contribution in [1.29, 1.82) is 0 Å². The molecule has 21 heavy (non-hydrogen) atoms. The third-order valence-corrected chi connectivity index (χ3v) is 4.22. The van der Waals surface area contributed by atoms with Gasteiger partial charge in [-0.1, -0.05) is 54.6 Å². The van der Waals surface area contributed by atoms with E-state index >= 15 is 0 Å². The first-order chi connectivity index (χ1) is 10.1. The van der Waals surface area contributed by atoms with Gasteiger partial charge in [0.2, 0.25) is 0 Å². The summed E-state index contributed by atoms with van der Waals surface area (Å²) in [7, 11) is -4.49. The van der Waals surface area contributed by atoms with E-state index in [2.05, 4.69) is 0 Å². The van der Waals surface area contributed by atoms with Gasteiger partial charge in [0.15, 0.2) is 0 Å². The molecule has 0 aliphatic rings. The van der Waals surface area contributed by atoms with Crippen LogP contribution in [-0.4, -0.2) is 9.79 Å². The van der Waals surface area contributed by atoms with E-state index in [1.165, 1.54) is 0 Å². The molecule has 0 heterocycles. The molecule has 0 spiro atoms. The van der Waals surface area contributed by atoms with Gasteiger partial charge in [-0.2, -0.15) is 0 Å². The van der Waals surface area contributed by atoms with Crippen molar-refractivity contribution in [1.82, 2.24) is 0 Å². The summed E-state index contributed by atoms with van der Waals surface area (Å²) in [4.78, 5) is 19.6. The van der Waals surface area contributed by atoms with Gasteiger partial charge in [0.1, 0.15) is 0 Å². The van der Waals surface area contributed by atoms with Crippen molar-refractivity contribution in [3.63, 3.8) is 0 Å². The molecule has 2 N–H and O–H groups in total. The lowest BCUT2D eigenvalue weighted by Gasteiger charge is -2.26. The van der Waals surface area contributed by atoms with E-state index in [1.54, 1.807) is 36.4 Å². The highest BCUT2D eigenvalue weighted by Crippen LogP contribution is 2.51. The van der Waals surface area contributed by atoms with Crippen LogP contribution in [0.15, 0.2) is 72.8 Å². The number of para-hydroxylation sites is 1. The van der Waals surface area contributed by atoms with E-state index < -0.39 is 7.75 Å². The molecule has 3 aromatic carbocycles. The van der Waals surface area contributed by atoms with Gasteiger partial charge >= 0.3 is 7.75 Å². The monoisotopic (exact) mass is 299 g/mol. The summed E-state index contributed by atoms with van der Waals surface area (Å²) in [5, 5.41) is 1.73. The molecule has 0 bridgehead atoms. The Hall–Kier alpha value is -2.13. The zero-order chi connectivity index (χ0) is 14.9. The van der Waals surface area contributed by atoms with E-state index in [9.17, 15) is 14.4 Å². The molecule has 0 saturated heterocycles. The van der Waals surface area contributed by atoms with E-state index in [-0.39, 0.29) is 0 Å². The van der Waals surface area contributed by atoms with Gasteiger partial charge in [-0.15, -0.1) is 0 Å². The van der Waals surface area contributed by atoms with Crippen LogP contribution in [0.3, 0.4) is 0 Å². The smallest absolute Gasteiger partial charge is 0.308 e. The lowest BCUT2D eigenvalue weighted by molar-refractivity contribution is 0.373. The van der Waals surface area contributed by atoms with E-state index in [0.29, 0.717) is 11.4 Å². The minimum Gasteiger partial charge on any atom is -0.308 e. The number of anilines is 2. The third-order valence-electron chi connectivity index (χ3n) is 3.26. The van der Waals surface area contributed by atoms with Crippen LogP contribution in [0.5, 0.6) is 0 Å². The summed E-state index contributed by atoms with van der Waals surface area (Å²) < 4.78 is 13.1. The molecule has 106 valence electrons. The summed E-state index contributed by atoms with van der Waals surface area (Å²) in [5.74, 6) is 0. The highest BCUT2D eigenvalue weighted by Gasteiger charge is 2.28. The predicted octanol–water partition coefficient (Wildman–Crippen LogP) is 4.07. The Morgan fingerprint density at radius 1 is 0.762 bits per heavy atom. The Kier molecular flexibility index (Phi) is 3.52. The van der Waals surface area contributed by atoms with Crippen molar-refractivity contribution in [3.8, 4) is 0 Å². The first kappa shape index (κ1) is 13.8. The molecule has 0 amide bonds. The highest BCUT2D eigenvalue weighted by atomic mass is 31.2. The highest BCUT2D eigenvalue weighted by molar-refractivity contribution is 7.54. The van der Waals surface area contributed by atoms with Gasteiger partial charge in [0.25, 0.3) is 0 Å². The maximum atomic E-state index is 12.0. The first-order valence-corrected chi connectivity index (χ1v) is 8.03. The van der Waals surface area contributed by atoms with Crippen LogP contribution < -0.4 is 4.67 Å². The molecule has 0 aromatic heterocycles. The van der Waals surface area contributed by atoms with Crippen molar-refractivity contribution >= 4 is 29.9 Å². The number of rotatable bonds is 3. The minimum absolute atomic E-state index is 0.460. The fraction of sp³-hybridized carbons (Fsp3) is 0. The van der Waals surface area contributed by atoms with Crippen molar-refractivity contribution in [2.45, 2.75) is 0 Å². The Morgan fingerprint density at radius 2 is 1.38 bits per heavy atom. The van der Waals surface area contributed by atoms with Crippen LogP contribution in [0.25, 0.3) is 10.8 Å². The third kappa shape index (κ3) is 2.69. The first-order valence-electron chi connectivity index (χ1n) is 6.46. The van der Waals surface area contributed by atoms with Crippen LogP contribution in [-0.2, 0) is 4.57 Å². The molecule has 0 aliphatic heterocycles. The number of fused-ring (bicyclic) bond motifs is 1. The lowest BCUT2D eigenvalue weighted by atomic mass is 10.1. The number of benzene rings is 3. The molecule has 3 rings (SSSR count). The van der Waals surface area contributed by atoms with Crippen molar-refractivity contribution in [2.75, 3.05) is 4.67 Å². The van der Waals surface area contributed by atoms with Gasteiger partial charge in [0, 0.05) is 5.39 Å². The van der Waals surface area contributed by atoms with Gasteiger partial charge in [-0.05, 0) is 23.6 Å². The SMILES string of the molecule is O=P(O)(O)N(c1ccccc1)c1cccc2ccccc12. The summed E-state index contributed by atoms with van der Waals surface area (Å²) in [6.45, 7) is 0. The average molecular weight is 299 g/mol. The van der Waals surface area contributed by atoms with Gasteiger partial charge in [0.05, 0.1) is 11.4 Å². The maximum absolute atomic E-state index is 12.0. The van der Waals surface area contributed by atoms with E-state index in [4.69, 9.17) is 0 Å². The standard InChI is InChI=1S/C16H14NO3P/c18-21(19,20)17(14-9-2-1-3-10-14)16-12-6-8-13-7-4-5-11-15(13)16/h1-12H,(H2,18,19,20). The molecule has 0 fully saturated rings. The summed E-state index contributed by atoms with van der Waals surface area (Å²) in [5.41, 5.74) is 0.954. The normalized spacial score (nSPS) is 11.5. The average Bonchev–Trinajstić information content (AvgIpc) is 2.47. The van der Waals surface area contributed by atoms with E-state index in [0.717, 1.165) is 15.4 Å². The molecular weight excluding hydrogens is 285 g/mol. The van der Waals surface area contributed by atoms with Crippen molar-refractivity contribution < 1.29 is 14.4 Å². The van der Waals surface area contributed by atoms with Crippen LogP contribution in [0.2, 0.25) is 0 Å². The zero-order valence-electron chi connectivity index (χ0n) is 11.1.